The summed E-state index contributed by atoms with van der Waals surface area (Å²) < 4.78 is 7.37. The fourth-order valence-electron chi connectivity index (χ4n) is 3.76. The zero-order valence-electron chi connectivity index (χ0n) is 19.2. The lowest BCUT2D eigenvalue weighted by atomic mass is 9.95. The van der Waals surface area contributed by atoms with E-state index in [0.717, 1.165) is 11.1 Å². The number of fused-ring (bicyclic) bond motifs is 1. The van der Waals surface area contributed by atoms with Gasteiger partial charge in [-0.25, -0.2) is 9.97 Å². The van der Waals surface area contributed by atoms with E-state index in [0.29, 0.717) is 35.3 Å². The third kappa shape index (κ3) is 5.13. The van der Waals surface area contributed by atoms with Crippen molar-refractivity contribution in [3.05, 3.63) is 41.9 Å². The molecule has 0 aliphatic rings. The van der Waals surface area contributed by atoms with Crippen molar-refractivity contribution in [2.75, 3.05) is 12.3 Å². The van der Waals surface area contributed by atoms with E-state index in [4.69, 9.17) is 23.1 Å². The van der Waals surface area contributed by atoms with Crippen LogP contribution in [0.2, 0.25) is 0 Å². The van der Waals surface area contributed by atoms with Crippen LogP contribution in [-0.4, -0.2) is 37.8 Å². The molecule has 0 bridgehead atoms. The van der Waals surface area contributed by atoms with Crippen LogP contribution in [0.4, 0.5) is 5.82 Å². The van der Waals surface area contributed by atoms with Crippen molar-refractivity contribution in [1.29, 1.82) is 5.26 Å². The summed E-state index contributed by atoms with van der Waals surface area (Å²) in [5.74, 6) is -1.55. The maximum Gasteiger partial charge on any atom is 0.325 e. The molecule has 8 nitrogen and oxygen atoms in total. The molecule has 0 spiro atoms. The van der Waals surface area contributed by atoms with Gasteiger partial charge in [0.25, 0.3) is 0 Å². The molecule has 0 aliphatic heterocycles. The van der Waals surface area contributed by atoms with Crippen molar-refractivity contribution >= 4 is 35.4 Å². The van der Waals surface area contributed by atoms with Gasteiger partial charge in [0.05, 0.1) is 16.7 Å². The molecule has 3 rings (SSSR count). The lowest BCUT2D eigenvalue weighted by Crippen LogP contribution is -2.30. The molecule has 174 valence electrons. The SMILES string of the molecule is Cc1ccc(-c2c([C@@H](S)[C@@H](C#N)C(=O)OC(C)(C)C)n(CCCO)c3ncnc(N)c23)cc1. The molecule has 0 fully saturated rings. The van der Waals surface area contributed by atoms with Crippen LogP contribution in [-0.2, 0) is 16.1 Å². The van der Waals surface area contributed by atoms with E-state index in [1.165, 1.54) is 6.33 Å². The van der Waals surface area contributed by atoms with Gasteiger partial charge in [0.2, 0.25) is 0 Å². The van der Waals surface area contributed by atoms with E-state index >= 15 is 0 Å². The van der Waals surface area contributed by atoms with E-state index in [9.17, 15) is 15.2 Å². The summed E-state index contributed by atoms with van der Waals surface area (Å²) in [6.07, 6.45) is 1.82. The number of aromatic nitrogens is 3. The first-order chi connectivity index (χ1) is 15.6. The maximum absolute atomic E-state index is 12.9. The smallest absolute Gasteiger partial charge is 0.325 e. The number of carbonyl (C=O) groups excluding carboxylic acids is 1. The Bertz CT molecular complexity index is 1190. The number of nitrogen functional groups attached to an aromatic ring is 1. The third-order valence-corrected chi connectivity index (χ3v) is 5.73. The monoisotopic (exact) mass is 467 g/mol. The molecular weight excluding hydrogens is 438 g/mol. The average molecular weight is 468 g/mol. The van der Waals surface area contributed by atoms with Gasteiger partial charge in [0.15, 0.2) is 5.92 Å². The van der Waals surface area contributed by atoms with Crippen molar-refractivity contribution in [1.82, 2.24) is 14.5 Å². The number of thiol groups is 1. The van der Waals surface area contributed by atoms with E-state index < -0.39 is 22.7 Å². The molecule has 9 heteroatoms. The molecule has 2 atom stereocenters. The topological polar surface area (TPSA) is 127 Å². The standard InChI is InChI=1S/C24H29N5O3S/c1-14-6-8-15(9-7-14)17-18-21(26)27-13-28-22(18)29(10-5-11-30)19(17)20(33)16(12-25)23(31)32-24(2,3)4/h6-9,13,16,20,30,33H,5,10-11H2,1-4H3,(H2,26,27,28)/t16-,20+/m1/s1. The van der Waals surface area contributed by atoms with E-state index in [2.05, 4.69) is 16.0 Å². The van der Waals surface area contributed by atoms with Gasteiger partial charge >= 0.3 is 5.97 Å². The molecule has 1 aromatic carbocycles. The number of hydrogen-bond donors (Lipinski definition) is 3. The minimum Gasteiger partial charge on any atom is -0.459 e. The number of aryl methyl sites for hydroxylation is 2. The molecule has 33 heavy (non-hydrogen) atoms. The van der Waals surface area contributed by atoms with Crippen molar-refractivity contribution in [2.24, 2.45) is 5.92 Å². The van der Waals surface area contributed by atoms with Gasteiger partial charge in [-0.2, -0.15) is 17.9 Å². The number of rotatable bonds is 7. The zero-order valence-corrected chi connectivity index (χ0v) is 20.1. The van der Waals surface area contributed by atoms with Crippen molar-refractivity contribution < 1.29 is 14.6 Å². The zero-order chi connectivity index (χ0) is 24.3. The van der Waals surface area contributed by atoms with Crippen LogP contribution in [0.25, 0.3) is 22.2 Å². The minimum absolute atomic E-state index is 0.0372. The summed E-state index contributed by atoms with van der Waals surface area (Å²) in [6, 6.07) is 9.91. The predicted octanol–water partition coefficient (Wildman–Crippen LogP) is 3.82. The van der Waals surface area contributed by atoms with Crippen LogP contribution < -0.4 is 5.73 Å². The van der Waals surface area contributed by atoms with Crippen LogP contribution in [0.3, 0.4) is 0 Å². The number of nitrogens with two attached hydrogens (primary N) is 1. The third-order valence-electron chi connectivity index (χ3n) is 5.18. The van der Waals surface area contributed by atoms with E-state index in [1.807, 2.05) is 35.8 Å². The van der Waals surface area contributed by atoms with Crippen LogP contribution in [0.5, 0.6) is 0 Å². The summed E-state index contributed by atoms with van der Waals surface area (Å²) in [4.78, 5) is 21.5. The number of carbonyl (C=O) groups is 1. The molecular formula is C24H29N5O3S. The number of ether oxygens (including phenoxy) is 1. The normalized spacial score (nSPS) is 13.5. The number of benzene rings is 1. The Balaban J connectivity index is 2.31. The molecule has 0 aliphatic carbocycles. The maximum atomic E-state index is 12.9. The minimum atomic E-state index is -1.18. The highest BCUT2D eigenvalue weighted by Crippen LogP contribution is 2.44. The molecule has 2 aromatic heterocycles. The number of nitrogens with zero attached hydrogens (tertiary/aromatic N) is 4. The highest BCUT2D eigenvalue weighted by molar-refractivity contribution is 7.80. The number of anilines is 1. The molecule has 0 saturated carbocycles. The number of nitriles is 1. The largest absolute Gasteiger partial charge is 0.459 e. The van der Waals surface area contributed by atoms with Gasteiger partial charge in [-0.3, -0.25) is 4.79 Å². The molecule has 0 unspecified atom stereocenters. The first kappa shape index (κ1) is 24.6. The Morgan fingerprint density at radius 1 is 1.30 bits per heavy atom. The molecule has 3 aromatic rings. The average Bonchev–Trinajstić information content (AvgIpc) is 3.07. The van der Waals surface area contributed by atoms with Gasteiger partial charge in [0, 0.05) is 24.4 Å². The second-order valence-electron chi connectivity index (χ2n) is 8.90. The van der Waals surface area contributed by atoms with Crippen molar-refractivity contribution in [3.8, 4) is 17.2 Å². The number of esters is 1. The lowest BCUT2D eigenvalue weighted by Gasteiger charge is -2.25. The second-order valence-corrected chi connectivity index (χ2v) is 9.45. The van der Waals surface area contributed by atoms with Crippen LogP contribution in [0.1, 0.15) is 43.7 Å². The number of aliphatic hydroxyl groups is 1. The van der Waals surface area contributed by atoms with Gasteiger partial charge in [-0.05, 0) is 39.7 Å². The Hall–Kier alpha value is -3.09. The Morgan fingerprint density at radius 3 is 2.55 bits per heavy atom. The first-order valence-electron chi connectivity index (χ1n) is 10.7. The second kappa shape index (κ2) is 9.81. The van der Waals surface area contributed by atoms with Gasteiger partial charge < -0.3 is 20.1 Å². The summed E-state index contributed by atoms with van der Waals surface area (Å²) in [7, 11) is 0. The number of aliphatic hydroxyl groups excluding tert-OH is 1. The Morgan fingerprint density at radius 2 is 1.97 bits per heavy atom. The van der Waals surface area contributed by atoms with Gasteiger partial charge in [-0.1, -0.05) is 29.8 Å². The van der Waals surface area contributed by atoms with E-state index in [-0.39, 0.29) is 12.4 Å². The van der Waals surface area contributed by atoms with Crippen LogP contribution in [0, 0.1) is 24.2 Å². The lowest BCUT2D eigenvalue weighted by molar-refractivity contribution is -0.157. The van der Waals surface area contributed by atoms with Crippen molar-refractivity contribution in [3.63, 3.8) is 0 Å². The quantitative estimate of drug-likeness (QED) is 0.356. The van der Waals surface area contributed by atoms with Gasteiger partial charge in [-0.15, -0.1) is 0 Å². The molecule has 3 N–H and O–H groups in total. The summed E-state index contributed by atoms with van der Waals surface area (Å²) in [5.41, 5.74) is 9.34. The number of hydrogen-bond acceptors (Lipinski definition) is 8. The van der Waals surface area contributed by atoms with Crippen LogP contribution in [0.15, 0.2) is 30.6 Å². The van der Waals surface area contributed by atoms with Gasteiger partial charge in [0.1, 0.15) is 23.4 Å². The Labute approximate surface area is 198 Å². The molecule has 2 heterocycles. The summed E-state index contributed by atoms with van der Waals surface area (Å²) >= 11 is 4.76. The van der Waals surface area contributed by atoms with Crippen LogP contribution >= 0.6 is 12.6 Å². The van der Waals surface area contributed by atoms with Crippen molar-refractivity contribution in [2.45, 2.75) is 51.5 Å². The molecule has 0 amide bonds. The first-order valence-corrected chi connectivity index (χ1v) is 11.2. The molecule has 0 saturated heterocycles. The van der Waals surface area contributed by atoms with E-state index in [1.54, 1.807) is 20.8 Å². The highest BCUT2D eigenvalue weighted by atomic mass is 32.1. The highest BCUT2D eigenvalue weighted by Gasteiger charge is 2.36. The summed E-state index contributed by atoms with van der Waals surface area (Å²) in [6.45, 7) is 7.60. The molecule has 0 radical (unpaired) electrons. The Kier molecular flexibility index (Phi) is 7.30. The fraction of sp³-hybridized carbons (Fsp3) is 0.417. The fourth-order valence-corrected chi connectivity index (χ4v) is 4.22. The summed E-state index contributed by atoms with van der Waals surface area (Å²) in [5, 5.41) is 19.2. The predicted molar refractivity (Wildman–Crippen MR) is 130 cm³/mol.